The molecule has 1 aromatic carbocycles. The van der Waals surface area contributed by atoms with Crippen molar-refractivity contribution in [3.8, 4) is 0 Å². The summed E-state index contributed by atoms with van der Waals surface area (Å²) in [6.07, 6.45) is 2.68. The number of ether oxygens (including phenoxy) is 2. The lowest BCUT2D eigenvalue weighted by Gasteiger charge is -2.15. The molecule has 1 atom stereocenters. The van der Waals surface area contributed by atoms with Crippen LogP contribution in [0.15, 0.2) is 24.3 Å². The molecule has 0 aromatic heterocycles. The highest BCUT2D eigenvalue weighted by atomic mass is 16.6. The topological polar surface area (TPSA) is 72.8 Å². The van der Waals surface area contributed by atoms with Gasteiger partial charge in [0.25, 0.3) is 0 Å². The molecule has 0 saturated carbocycles. The van der Waals surface area contributed by atoms with Crippen LogP contribution in [0.2, 0.25) is 0 Å². The number of rotatable bonds is 8. The average Bonchev–Trinajstić information content (AvgIpc) is 2.47. The Morgan fingerprint density at radius 3 is 2.45 bits per heavy atom. The Morgan fingerprint density at radius 2 is 1.90 bits per heavy atom. The average molecular weight is 280 g/mol. The van der Waals surface area contributed by atoms with Gasteiger partial charge >= 0.3 is 11.9 Å². The van der Waals surface area contributed by atoms with Crippen molar-refractivity contribution < 1.29 is 24.2 Å². The van der Waals surface area contributed by atoms with Crippen molar-refractivity contribution in [2.75, 3.05) is 13.7 Å². The van der Waals surface area contributed by atoms with Crippen LogP contribution in [-0.4, -0.2) is 36.9 Å². The van der Waals surface area contributed by atoms with E-state index in [1.165, 1.54) is 12.1 Å². The van der Waals surface area contributed by atoms with Crippen LogP contribution in [0.25, 0.3) is 0 Å². The van der Waals surface area contributed by atoms with Gasteiger partial charge in [0, 0.05) is 7.11 Å². The molecule has 1 aromatic rings. The highest BCUT2D eigenvalue weighted by molar-refractivity contribution is 6.02. The fourth-order valence-corrected chi connectivity index (χ4v) is 1.80. The predicted octanol–water partition coefficient (Wildman–Crippen LogP) is 2.75. The lowest BCUT2D eigenvalue weighted by molar-refractivity contribution is 0.00715. The maximum Gasteiger partial charge on any atom is 0.339 e. The van der Waals surface area contributed by atoms with E-state index in [9.17, 15) is 9.59 Å². The van der Waals surface area contributed by atoms with Crippen LogP contribution in [0.5, 0.6) is 0 Å². The molecule has 0 spiro atoms. The number of carboxylic acid groups (broad SMARTS) is 1. The number of carboxylic acids is 1. The highest BCUT2D eigenvalue weighted by Crippen LogP contribution is 2.12. The van der Waals surface area contributed by atoms with Crippen LogP contribution < -0.4 is 0 Å². The van der Waals surface area contributed by atoms with Crippen molar-refractivity contribution in [1.82, 2.24) is 0 Å². The van der Waals surface area contributed by atoms with Crippen LogP contribution in [0.1, 0.15) is 46.9 Å². The molecule has 1 rings (SSSR count). The molecule has 0 aliphatic carbocycles. The van der Waals surface area contributed by atoms with E-state index in [0.29, 0.717) is 0 Å². The van der Waals surface area contributed by atoms with Crippen molar-refractivity contribution >= 4 is 11.9 Å². The molecule has 0 fully saturated rings. The Bertz CT molecular complexity index is 455. The summed E-state index contributed by atoms with van der Waals surface area (Å²) in [5.41, 5.74) is 0.00497. The second-order valence-electron chi connectivity index (χ2n) is 4.45. The van der Waals surface area contributed by atoms with Gasteiger partial charge in [-0.15, -0.1) is 0 Å². The lowest BCUT2D eigenvalue weighted by Crippen LogP contribution is -2.22. The van der Waals surface area contributed by atoms with E-state index in [0.717, 1.165) is 19.3 Å². The maximum absolute atomic E-state index is 11.9. The van der Waals surface area contributed by atoms with E-state index in [1.807, 2.05) is 0 Å². The molecule has 20 heavy (non-hydrogen) atoms. The summed E-state index contributed by atoms with van der Waals surface area (Å²) >= 11 is 0. The SMILES string of the molecule is CCCCC(COC(=O)c1ccccc1C(=O)O)OC. The molecule has 1 unspecified atom stereocenters. The Labute approximate surface area is 118 Å². The number of methoxy groups -OCH3 is 1. The third-order valence-electron chi connectivity index (χ3n) is 2.99. The van der Waals surface area contributed by atoms with Gasteiger partial charge in [0.1, 0.15) is 6.61 Å². The zero-order chi connectivity index (χ0) is 15.0. The smallest absolute Gasteiger partial charge is 0.339 e. The van der Waals surface area contributed by atoms with E-state index in [2.05, 4.69) is 6.92 Å². The largest absolute Gasteiger partial charge is 0.478 e. The minimum atomic E-state index is -1.15. The molecule has 0 amide bonds. The Balaban J connectivity index is 2.65. The van der Waals surface area contributed by atoms with E-state index in [1.54, 1.807) is 19.2 Å². The van der Waals surface area contributed by atoms with Gasteiger partial charge in [-0.1, -0.05) is 31.9 Å². The summed E-state index contributed by atoms with van der Waals surface area (Å²) in [6.45, 7) is 2.20. The van der Waals surface area contributed by atoms with Crippen molar-refractivity contribution in [3.05, 3.63) is 35.4 Å². The molecule has 0 aliphatic rings. The van der Waals surface area contributed by atoms with E-state index in [4.69, 9.17) is 14.6 Å². The van der Waals surface area contributed by atoms with Gasteiger partial charge in [0.2, 0.25) is 0 Å². The van der Waals surface area contributed by atoms with Crippen LogP contribution >= 0.6 is 0 Å². The molecule has 0 bridgehead atoms. The quantitative estimate of drug-likeness (QED) is 0.741. The molecule has 0 aliphatic heterocycles. The summed E-state index contributed by atoms with van der Waals surface area (Å²) in [7, 11) is 1.57. The van der Waals surface area contributed by atoms with Crippen molar-refractivity contribution in [2.45, 2.75) is 32.3 Å². The Kier molecular flexibility index (Phi) is 6.73. The third-order valence-corrected chi connectivity index (χ3v) is 2.99. The van der Waals surface area contributed by atoms with Crippen LogP contribution in [0.4, 0.5) is 0 Å². The van der Waals surface area contributed by atoms with Gasteiger partial charge in [0.05, 0.1) is 17.2 Å². The van der Waals surface area contributed by atoms with Crippen LogP contribution in [0, 0.1) is 0 Å². The predicted molar refractivity (Wildman–Crippen MR) is 74.0 cm³/mol. The molecule has 110 valence electrons. The second kappa shape index (κ2) is 8.32. The number of benzene rings is 1. The van der Waals surface area contributed by atoms with Gasteiger partial charge in [0.15, 0.2) is 0 Å². The fraction of sp³-hybridized carbons (Fsp3) is 0.467. The first-order valence-electron chi connectivity index (χ1n) is 6.62. The number of carbonyl (C=O) groups is 2. The number of esters is 1. The highest BCUT2D eigenvalue weighted by Gasteiger charge is 2.18. The minimum Gasteiger partial charge on any atom is -0.478 e. The van der Waals surface area contributed by atoms with Crippen molar-refractivity contribution in [1.29, 1.82) is 0 Å². The zero-order valence-electron chi connectivity index (χ0n) is 11.8. The molecule has 0 heterocycles. The van der Waals surface area contributed by atoms with Crippen LogP contribution in [-0.2, 0) is 9.47 Å². The standard InChI is InChI=1S/C15H20O5/c1-3-4-7-11(19-2)10-20-15(18)13-9-6-5-8-12(13)14(16)17/h5-6,8-9,11H,3-4,7,10H2,1-2H3,(H,16,17). The van der Waals surface area contributed by atoms with E-state index in [-0.39, 0.29) is 23.8 Å². The number of carbonyl (C=O) groups excluding carboxylic acids is 1. The molecule has 1 N–H and O–H groups in total. The Hall–Kier alpha value is -1.88. The van der Waals surface area contributed by atoms with Gasteiger partial charge in [-0.3, -0.25) is 0 Å². The van der Waals surface area contributed by atoms with Gasteiger partial charge in [-0.05, 0) is 18.6 Å². The van der Waals surface area contributed by atoms with Gasteiger partial charge < -0.3 is 14.6 Å². The minimum absolute atomic E-state index is 0.0555. The summed E-state index contributed by atoms with van der Waals surface area (Å²) in [5.74, 6) is -1.78. The summed E-state index contributed by atoms with van der Waals surface area (Å²) < 4.78 is 10.4. The fourth-order valence-electron chi connectivity index (χ4n) is 1.80. The third kappa shape index (κ3) is 4.66. The molecule has 5 nitrogen and oxygen atoms in total. The second-order valence-corrected chi connectivity index (χ2v) is 4.45. The monoisotopic (exact) mass is 280 g/mol. The van der Waals surface area contributed by atoms with Crippen molar-refractivity contribution in [2.24, 2.45) is 0 Å². The summed E-state index contributed by atoms with van der Waals surface area (Å²) in [4.78, 5) is 23.0. The Morgan fingerprint density at radius 1 is 1.25 bits per heavy atom. The lowest BCUT2D eigenvalue weighted by atomic mass is 10.1. The number of unbranched alkanes of at least 4 members (excludes halogenated alkanes) is 1. The first-order chi connectivity index (χ1) is 9.60. The van der Waals surface area contributed by atoms with Gasteiger partial charge in [-0.2, -0.15) is 0 Å². The van der Waals surface area contributed by atoms with Crippen LogP contribution in [0.3, 0.4) is 0 Å². The first-order valence-corrected chi connectivity index (χ1v) is 6.62. The van der Waals surface area contributed by atoms with E-state index < -0.39 is 11.9 Å². The summed E-state index contributed by atoms with van der Waals surface area (Å²) in [6, 6.07) is 6.00. The number of aromatic carboxylic acids is 1. The molecular weight excluding hydrogens is 260 g/mol. The molecule has 5 heteroatoms. The molecular formula is C15H20O5. The molecule has 0 saturated heterocycles. The number of hydrogen-bond acceptors (Lipinski definition) is 4. The maximum atomic E-state index is 11.9. The first kappa shape index (κ1) is 16.2. The van der Waals surface area contributed by atoms with Crippen molar-refractivity contribution in [3.63, 3.8) is 0 Å². The van der Waals surface area contributed by atoms with E-state index >= 15 is 0 Å². The molecule has 0 radical (unpaired) electrons. The normalized spacial score (nSPS) is 11.9. The zero-order valence-corrected chi connectivity index (χ0v) is 11.8. The number of hydrogen-bond donors (Lipinski definition) is 1. The van der Waals surface area contributed by atoms with Gasteiger partial charge in [-0.25, -0.2) is 9.59 Å². The summed E-state index contributed by atoms with van der Waals surface area (Å²) in [5, 5.41) is 9.02.